The van der Waals surface area contributed by atoms with Crippen LogP contribution in [0.5, 0.6) is 0 Å². The Morgan fingerprint density at radius 2 is 2.08 bits per heavy atom. The van der Waals surface area contributed by atoms with Crippen LogP contribution in [-0.2, 0) is 9.59 Å². The van der Waals surface area contributed by atoms with Crippen molar-refractivity contribution in [2.75, 3.05) is 13.1 Å². The van der Waals surface area contributed by atoms with E-state index in [1.165, 1.54) is 0 Å². The maximum Gasteiger partial charge on any atom is 0.451 e. The van der Waals surface area contributed by atoms with Crippen LogP contribution in [0.3, 0.4) is 0 Å². The van der Waals surface area contributed by atoms with E-state index in [0.29, 0.717) is 32.2 Å². The molecule has 8 nitrogen and oxygen atoms in total. The van der Waals surface area contributed by atoms with E-state index in [-0.39, 0.29) is 30.1 Å². The Hall–Kier alpha value is -1.16. The lowest BCUT2D eigenvalue weighted by Crippen LogP contribution is -2.61. The molecule has 26 heavy (non-hydrogen) atoms. The molecular weight excluding hydrogens is 337 g/mol. The number of hydrogen-bond acceptors (Lipinski definition) is 6. The molecule has 6 N–H and O–H groups in total. The molecule has 2 aliphatic rings. The highest BCUT2D eigenvalue weighted by Gasteiger charge is 2.54. The molecule has 0 radical (unpaired) electrons. The van der Waals surface area contributed by atoms with Gasteiger partial charge in [-0.15, -0.1) is 0 Å². The molecular formula is C17H32BN3O5. The molecule has 0 aliphatic carbocycles. The average Bonchev–Trinajstić information content (AvgIpc) is 3.18. The minimum Gasteiger partial charge on any atom is -0.480 e. The molecule has 5 atom stereocenters. The first-order valence-corrected chi connectivity index (χ1v) is 9.70. The summed E-state index contributed by atoms with van der Waals surface area (Å²) in [5.74, 6) is -1.29. The van der Waals surface area contributed by atoms with Gasteiger partial charge in [0, 0.05) is 18.5 Å². The van der Waals surface area contributed by atoms with Crippen LogP contribution >= 0.6 is 0 Å². The second-order valence-corrected chi connectivity index (χ2v) is 7.71. The van der Waals surface area contributed by atoms with Crippen molar-refractivity contribution in [1.29, 1.82) is 0 Å². The highest BCUT2D eigenvalue weighted by atomic mass is 16.4. The number of rotatable bonds is 10. The normalized spacial score (nSPS) is 29.8. The third-order valence-electron chi connectivity index (χ3n) is 6.07. The van der Waals surface area contributed by atoms with Crippen molar-refractivity contribution >= 4 is 19.0 Å². The van der Waals surface area contributed by atoms with Gasteiger partial charge in [0.05, 0.1) is 0 Å². The summed E-state index contributed by atoms with van der Waals surface area (Å²) < 4.78 is 0. The van der Waals surface area contributed by atoms with E-state index in [1.807, 2.05) is 13.8 Å². The molecule has 0 aromatic carbocycles. The fourth-order valence-corrected chi connectivity index (χ4v) is 4.31. The van der Waals surface area contributed by atoms with E-state index in [2.05, 4.69) is 16.0 Å². The first-order chi connectivity index (χ1) is 12.3. The van der Waals surface area contributed by atoms with E-state index in [0.717, 1.165) is 13.0 Å². The minimum atomic E-state index is -1.33. The standard InChI is InChI=1S/C17H32BN3O5/c1-3-11(2)14(15(22)23)21-16(24)17(7-4-5-8-18(25)26)12-6-9-19-13(12)10-20-17/h11-14,19-20,25-26H,3-10H2,1-2H3,(H,21,24)(H,22,23)/t11-,12+,13+,14+,17-/m1/s1. The van der Waals surface area contributed by atoms with Gasteiger partial charge in [0.15, 0.2) is 0 Å². The molecule has 148 valence electrons. The average molecular weight is 369 g/mol. The summed E-state index contributed by atoms with van der Waals surface area (Å²) in [7, 11) is -1.33. The van der Waals surface area contributed by atoms with Gasteiger partial charge in [0.25, 0.3) is 0 Å². The molecule has 0 spiro atoms. The van der Waals surface area contributed by atoms with E-state index < -0.39 is 24.7 Å². The van der Waals surface area contributed by atoms with Crippen LogP contribution < -0.4 is 16.0 Å². The van der Waals surface area contributed by atoms with Crippen molar-refractivity contribution in [3.05, 3.63) is 0 Å². The predicted octanol–water partition coefficient (Wildman–Crippen LogP) is -0.435. The van der Waals surface area contributed by atoms with Gasteiger partial charge in [0.2, 0.25) is 5.91 Å². The molecule has 2 aliphatic heterocycles. The molecule has 0 aromatic heterocycles. The molecule has 2 fully saturated rings. The topological polar surface area (TPSA) is 131 Å². The number of unbranched alkanes of at least 4 members (excludes halogenated alkanes) is 1. The number of nitrogens with one attached hydrogen (secondary N) is 3. The third-order valence-corrected chi connectivity index (χ3v) is 6.07. The molecule has 2 heterocycles. The zero-order valence-electron chi connectivity index (χ0n) is 15.7. The van der Waals surface area contributed by atoms with Crippen LogP contribution in [0.15, 0.2) is 0 Å². The minimum absolute atomic E-state index is 0.118. The Morgan fingerprint density at radius 3 is 2.69 bits per heavy atom. The molecule has 0 unspecified atom stereocenters. The maximum atomic E-state index is 13.2. The van der Waals surface area contributed by atoms with E-state index in [4.69, 9.17) is 10.0 Å². The van der Waals surface area contributed by atoms with Crippen molar-refractivity contribution in [1.82, 2.24) is 16.0 Å². The summed E-state index contributed by atoms with van der Waals surface area (Å²) in [5, 5.41) is 37.1. The summed E-state index contributed by atoms with van der Waals surface area (Å²) in [6.45, 7) is 5.28. The van der Waals surface area contributed by atoms with Gasteiger partial charge in [-0.2, -0.15) is 0 Å². The highest BCUT2D eigenvalue weighted by molar-refractivity contribution is 6.40. The van der Waals surface area contributed by atoms with Crippen LogP contribution in [0.1, 0.15) is 46.0 Å². The Morgan fingerprint density at radius 1 is 1.35 bits per heavy atom. The van der Waals surface area contributed by atoms with Gasteiger partial charge >= 0.3 is 13.1 Å². The summed E-state index contributed by atoms with van der Waals surface area (Å²) >= 11 is 0. The zero-order valence-corrected chi connectivity index (χ0v) is 15.7. The van der Waals surface area contributed by atoms with Gasteiger partial charge in [-0.25, -0.2) is 4.79 Å². The molecule has 2 saturated heterocycles. The molecule has 9 heteroatoms. The van der Waals surface area contributed by atoms with Gasteiger partial charge in [-0.3, -0.25) is 4.79 Å². The third kappa shape index (κ3) is 4.57. The van der Waals surface area contributed by atoms with Crippen LogP contribution in [-0.4, -0.2) is 64.9 Å². The summed E-state index contributed by atoms with van der Waals surface area (Å²) in [6, 6.07) is -0.685. The van der Waals surface area contributed by atoms with Crippen LogP contribution in [0.4, 0.5) is 0 Å². The molecule has 0 saturated carbocycles. The lowest BCUT2D eigenvalue weighted by atomic mass is 9.76. The monoisotopic (exact) mass is 369 g/mol. The van der Waals surface area contributed by atoms with Crippen molar-refractivity contribution < 1.29 is 24.7 Å². The fraction of sp³-hybridized carbons (Fsp3) is 0.882. The number of carboxylic acid groups (broad SMARTS) is 1. The van der Waals surface area contributed by atoms with Crippen LogP contribution in [0, 0.1) is 11.8 Å². The Kier molecular flexibility index (Phi) is 7.46. The highest BCUT2D eigenvalue weighted by Crippen LogP contribution is 2.37. The SMILES string of the molecule is CC[C@@H](C)[C@H](NC(=O)[C@]1(CCCCB(O)O)NC[C@@H]2NCC[C@@H]21)C(=O)O. The Balaban J connectivity index is 2.12. The van der Waals surface area contributed by atoms with Gasteiger partial charge < -0.3 is 31.1 Å². The fourth-order valence-electron chi connectivity index (χ4n) is 4.31. The first-order valence-electron chi connectivity index (χ1n) is 9.70. The number of aliphatic carboxylic acids is 1. The number of carbonyl (C=O) groups is 2. The lowest BCUT2D eigenvalue weighted by molar-refractivity contribution is -0.145. The first kappa shape index (κ1) is 21.1. The molecule has 0 bridgehead atoms. The quantitative estimate of drug-likeness (QED) is 0.227. The van der Waals surface area contributed by atoms with E-state index in [1.54, 1.807) is 0 Å². The number of carboxylic acids is 1. The second-order valence-electron chi connectivity index (χ2n) is 7.71. The number of hydrogen-bond donors (Lipinski definition) is 6. The maximum absolute atomic E-state index is 13.2. The lowest BCUT2D eigenvalue weighted by Gasteiger charge is -2.35. The Bertz CT molecular complexity index is 507. The van der Waals surface area contributed by atoms with Crippen molar-refractivity contribution in [2.24, 2.45) is 11.8 Å². The predicted molar refractivity (Wildman–Crippen MR) is 98.5 cm³/mol. The summed E-state index contributed by atoms with van der Waals surface area (Å²) in [4.78, 5) is 24.8. The molecule has 1 amide bonds. The molecule has 2 rings (SSSR count). The smallest absolute Gasteiger partial charge is 0.451 e. The number of fused-ring (bicyclic) bond motifs is 1. The van der Waals surface area contributed by atoms with Crippen molar-refractivity contribution in [2.45, 2.75) is 69.9 Å². The van der Waals surface area contributed by atoms with E-state index >= 15 is 0 Å². The number of amides is 1. The van der Waals surface area contributed by atoms with Gasteiger partial charge in [-0.1, -0.05) is 33.1 Å². The van der Waals surface area contributed by atoms with Crippen LogP contribution in [0.2, 0.25) is 6.32 Å². The summed E-state index contributed by atoms with van der Waals surface area (Å²) in [6.07, 6.45) is 3.64. The Labute approximate surface area is 155 Å². The second kappa shape index (κ2) is 9.17. The van der Waals surface area contributed by atoms with Gasteiger partial charge in [0.1, 0.15) is 11.6 Å². The van der Waals surface area contributed by atoms with Crippen LogP contribution in [0.25, 0.3) is 0 Å². The number of carbonyl (C=O) groups excluding carboxylic acids is 1. The van der Waals surface area contributed by atoms with Crippen molar-refractivity contribution in [3.8, 4) is 0 Å². The molecule has 0 aromatic rings. The zero-order chi connectivity index (χ0) is 19.3. The van der Waals surface area contributed by atoms with Gasteiger partial charge in [-0.05, 0) is 31.6 Å². The largest absolute Gasteiger partial charge is 0.480 e. The van der Waals surface area contributed by atoms with E-state index in [9.17, 15) is 14.7 Å². The summed E-state index contributed by atoms with van der Waals surface area (Å²) in [5.41, 5.74) is -0.796. The van der Waals surface area contributed by atoms with Crippen molar-refractivity contribution in [3.63, 3.8) is 0 Å².